The molecular weight excluding hydrogens is 374 g/mol. The Labute approximate surface area is 154 Å². The van der Waals surface area contributed by atoms with Crippen LogP contribution in [0.3, 0.4) is 0 Å². The predicted molar refractivity (Wildman–Crippen MR) is 96.6 cm³/mol. The maximum absolute atomic E-state index is 4.70. The van der Waals surface area contributed by atoms with E-state index >= 15 is 0 Å². The molecule has 0 unspecified atom stereocenters. The Balaban J connectivity index is 0.000000816. The zero-order chi connectivity index (χ0) is 17.7. The van der Waals surface area contributed by atoms with Crippen LogP contribution in [0.25, 0.3) is 11.4 Å². The molecule has 2 heterocycles. The molecule has 23 heavy (non-hydrogen) atoms. The van der Waals surface area contributed by atoms with Crippen LogP contribution in [-0.2, 0) is 23.5 Å². The third kappa shape index (κ3) is 5.74. The van der Waals surface area contributed by atoms with E-state index in [2.05, 4.69) is 57.6 Å². The number of pyridine rings is 2. The summed E-state index contributed by atoms with van der Waals surface area (Å²) in [4.78, 5) is 9.11. The third-order valence-corrected chi connectivity index (χ3v) is 3.42. The van der Waals surface area contributed by atoms with Crippen molar-refractivity contribution in [1.82, 2.24) is 9.97 Å². The molecular formula is C18H24Cl2N2Ni. The van der Waals surface area contributed by atoms with Crippen LogP contribution >= 0.6 is 20.4 Å². The fourth-order valence-electron chi connectivity index (χ4n) is 2.54. The second-order valence-electron chi connectivity index (χ2n) is 7.34. The van der Waals surface area contributed by atoms with Crippen LogP contribution in [0.1, 0.15) is 52.7 Å². The molecule has 0 aliphatic carbocycles. The van der Waals surface area contributed by atoms with Crippen molar-refractivity contribution in [2.45, 2.75) is 52.4 Å². The van der Waals surface area contributed by atoms with Crippen molar-refractivity contribution in [2.75, 3.05) is 0 Å². The van der Waals surface area contributed by atoms with Gasteiger partial charge in [0.05, 0.1) is 11.4 Å². The summed E-state index contributed by atoms with van der Waals surface area (Å²) in [6.45, 7) is 13.5. The monoisotopic (exact) mass is 396 g/mol. The van der Waals surface area contributed by atoms with Crippen LogP contribution in [0, 0.1) is 0 Å². The van der Waals surface area contributed by atoms with Gasteiger partial charge in [0.15, 0.2) is 0 Å². The fourth-order valence-corrected chi connectivity index (χ4v) is 2.54. The summed E-state index contributed by atoms with van der Waals surface area (Å²) >= 11 is 0.569. The maximum atomic E-state index is 4.70. The quantitative estimate of drug-likeness (QED) is 0.542. The second-order valence-corrected chi connectivity index (χ2v) is 8.97. The number of hydrogen-bond donors (Lipinski definition) is 0. The Hall–Kier alpha value is -0.626. The normalized spacial score (nSPS) is 11.8. The first kappa shape index (κ1) is 20.4. The van der Waals surface area contributed by atoms with E-state index in [0.717, 1.165) is 11.4 Å². The molecule has 0 fully saturated rings. The molecule has 0 spiro atoms. The van der Waals surface area contributed by atoms with Crippen molar-refractivity contribution in [3.05, 3.63) is 47.8 Å². The van der Waals surface area contributed by atoms with Gasteiger partial charge in [-0.1, -0.05) is 47.6 Å². The molecule has 0 aliphatic rings. The van der Waals surface area contributed by atoms with Crippen molar-refractivity contribution in [3.8, 4) is 11.4 Å². The molecule has 5 heteroatoms. The number of nitrogens with zero attached hydrogens (tertiary/aromatic N) is 2. The van der Waals surface area contributed by atoms with Gasteiger partial charge < -0.3 is 0 Å². The topological polar surface area (TPSA) is 25.8 Å². The van der Waals surface area contributed by atoms with E-state index in [-0.39, 0.29) is 10.8 Å². The summed E-state index contributed by atoms with van der Waals surface area (Å²) in [5, 5.41) is 0. The first-order chi connectivity index (χ1) is 10.6. The number of rotatable bonds is 1. The van der Waals surface area contributed by atoms with Gasteiger partial charge in [0.1, 0.15) is 0 Å². The van der Waals surface area contributed by atoms with E-state index in [1.807, 2.05) is 30.6 Å². The Kier molecular flexibility index (Phi) is 7.51. The third-order valence-electron chi connectivity index (χ3n) is 3.42. The molecule has 2 aromatic rings. The average molecular weight is 398 g/mol. The first-order valence-electron chi connectivity index (χ1n) is 7.36. The Bertz CT molecular complexity index is 617. The van der Waals surface area contributed by atoms with Gasteiger partial charge >= 0.3 is 33.0 Å². The van der Waals surface area contributed by atoms with Gasteiger partial charge in [-0.15, -0.1) is 0 Å². The van der Waals surface area contributed by atoms with Crippen molar-refractivity contribution < 1.29 is 12.7 Å². The summed E-state index contributed by atoms with van der Waals surface area (Å²) in [6, 6.07) is 8.13. The van der Waals surface area contributed by atoms with Gasteiger partial charge in [0.2, 0.25) is 0 Å². The zero-order valence-corrected chi connectivity index (χ0v) is 16.9. The van der Waals surface area contributed by atoms with Gasteiger partial charge in [-0.05, 0) is 40.2 Å². The number of aromatic nitrogens is 2. The molecule has 2 rings (SSSR count). The van der Waals surface area contributed by atoms with Crippen molar-refractivity contribution in [2.24, 2.45) is 0 Å². The van der Waals surface area contributed by atoms with Gasteiger partial charge in [-0.2, -0.15) is 0 Å². The zero-order valence-electron chi connectivity index (χ0n) is 14.4. The van der Waals surface area contributed by atoms with Crippen LogP contribution in [0.15, 0.2) is 36.7 Å². The number of hydrogen-bond acceptors (Lipinski definition) is 2. The standard InChI is InChI=1S/C18H24N2.2ClH.Ni/c1-17(2,3)13-10-12-20-16(15(13)18(4,5)6)14-9-7-8-11-19-14;;;/h7-12H,1-6H3;2*1H;/q;;;+2/p-2. The SMILES string of the molecule is CC(C)(C)c1ccnc(-c2ccccn2)c1C(C)(C)C.[Cl][Ni][Cl]. The molecule has 0 saturated carbocycles. The summed E-state index contributed by atoms with van der Waals surface area (Å²) in [6.07, 6.45) is 3.73. The summed E-state index contributed by atoms with van der Waals surface area (Å²) in [5.41, 5.74) is 4.72. The van der Waals surface area contributed by atoms with Crippen molar-refractivity contribution >= 4 is 20.4 Å². The van der Waals surface area contributed by atoms with E-state index in [4.69, 9.17) is 20.4 Å². The Morgan fingerprint density at radius 1 is 0.826 bits per heavy atom. The van der Waals surface area contributed by atoms with Gasteiger partial charge in [-0.3, -0.25) is 9.97 Å². The summed E-state index contributed by atoms with van der Waals surface area (Å²) in [5.74, 6) is 0. The van der Waals surface area contributed by atoms with Gasteiger partial charge in [-0.25, -0.2) is 0 Å². The second kappa shape index (κ2) is 8.47. The summed E-state index contributed by atoms with van der Waals surface area (Å²) < 4.78 is 0. The van der Waals surface area contributed by atoms with Crippen LogP contribution in [0.2, 0.25) is 0 Å². The van der Waals surface area contributed by atoms with Crippen molar-refractivity contribution in [1.29, 1.82) is 0 Å². The molecule has 2 nitrogen and oxygen atoms in total. The molecule has 0 atom stereocenters. The van der Waals surface area contributed by atoms with Crippen LogP contribution in [-0.4, -0.2) is 9.97 Å². The molecule has 0 aliphatic heterocycles. The molecule has 0 aromatic carbocycles. The molecule has 0 radical (unpaired) electrons. The molecule has 2 aromatic heterocycles. The van der Waals surface area contributed by atoms with E-state index < -0.39 is 0 Å². The van der Waals surface area contributed by atoms with Crippen molar-refractivity contribution in [3.63, 3.8) is 0 Å². The molecule has 130 valence electrons. The molecule has 0 N–H and O–H groups in total. The minimum absolute atomic E-state index is 0.0315. The van der Waals surface area contributed by atoms with E-state index in [1.165, 1.54) is 11.1 Å². The van der Waals surface area contributed by atoms with Crippen LogP contribution < -0.4 is 0 Å². The predicted octanol–water partition coefficient (Wildman–Crippen LogP) is 6.12. The Morgan fingerprint density at radius 3 is 1.87 bits per heavy atom. The van der Waals surface area contributed by atoms with Gasteiger partial charge in [0, 0.05) is 12.4 Å². The molecule has 0 amide bonds. The van der Waals surface area contributed by atoms with E-state index in [1.54, 1.807) is 0 Å². The summed E-state index contributed by atoms with van der Waals surface area (Å²) in [7, 11) is 9.40. The first-order valence-corrected chi connectivity index (χ1v) is 10.1. The Morgan fingerprint density at radius 2 is 1.43 bits per heavy atom. The average Bonchev–Trinajstić information content (AvgIpc) is 2.46. The van der Waals surface area contributed by atoms with E-state index in [9.17, 15) is 0 Å². The number of halogens is 2. The van der Waals surface area contributed by atoms with Crippen LogP contribution in [0.4, 0.5) is 0 Å². The minimum atomic E-state index is 0.0315. The van der Waals surface area contributed by atoms with Gasteiger partial charge in [0.25, 0.3) is 0 Å². The van der Waals surface area contributed by atoms with Crippen LogP contribution in [0.5, 0.6) is 0 Å². The molecule has 0 bridgehead atoms. The fraction of sp³-hybridized carbons (Fsp3) is 0.444. The molecule has 0 saturated heterocycles. The van der Waals surface area contributed by atoms with E-state index in [0.29, 0.717) is 12.7 Å².